The van der Waals surface area contributed by atoms with Crippen molar-refractivity contribution in [2.24, 2.45) is 0 Å². The molecule has 1 saturated carbocycles. The van der Waals surface area contributed by atoms with Crippen LogP contribution < -0.4 is 0 Å². The fourth-order valence-electron chi connectivity index (χ4n) is 3.34. The molecule has 1 saturated heterocycles. The van der Waals surface area contributed by atoms with Gasteiger partial charge in [0.15, 0.2) is 0 Å². The average Bonchev–Trinajstić information content (AvgIpc) is 3.30. The number of hydrogen-bond donors (Lipinski definition) is 1. The van der Waals surface area contributed by atoms with E-state index in [9.17, 15) is 13.5 Å². The fourth-order valence-corrected chi connectivity index (χ4v) is 5.53. The number of rotatable bonds is 5. The Morgan fingerprint density at radius 3 is 2.50 bits per heavy atom. The number of nitrogens with zero attached hydrogens (tertiary/aromatic N) is 1. The van der Waals surface area contributed by atoms with Gasteiger partial charge in [0.2, 0.25) is 10.0 Å². The van der Waals surface area contributed by atoms with Gasteiger partial charge in [0.05, 0.1) is 6.61 Å². The smallest absolute Gasteiger partial charge is 0.222 e. The first-order chi connectivity index (χ1) is 10.4. The highest BCUT2D eigenvalue weighted by molar-refractivity contribution is 7.90. The summed E-state index contributed by atoms with van der Waals surface area (Å²) in [5.74, 6) is 0. The van der Waals surface area contributed by atoms with E-state index >= 15 is 0 Å². The lowest BCUT2D eigenvalue weighted by Gasteiger charge is -2.40. The molecule has 0 spiro atoms. The predicted molar refractivity (Wildman–Crippen MR) is 83.9 cm³/mol. The van der Waals surface area contributed by atoms with E-state index in [0.29, 0.717) is 32.2 Å². The van der Waals surface area contributed by atoms with Gasteiger partial charge in [0.1, 0.15) is 10.3 Å². The number of methoxy groups -OCH3 is 1. The number of piperidine rings is 1. The molecule has 6 heteroatoms. The summed E-state index contributed by atoms with van der Waals surface area (Å²) >= 11 is 0. The predicted octanol–water partition coefficient (Wildman–Crippen LogP) is 1.48. The Morgan fingerprint density at radius 2 is 1.91 bits per heavy atom. The molecule has 22 heavy (non-hydrogen) atoms. The summed E-state index contributed by atoms with van der Waals surface area (Å²) in [4.78, 5) is 0. The molecule has 0 aromatic heterocycles. The number of β-amino-alcohol motifs (C(OH)–C–C–N with tert-alkyl or cyclic N) is 1. The lowest BCUT2D eigenvalue weighted by Crippen LogP contribution is -2.52. The highest BCUT2D eigenvalue weighted by Crippen LogP contribution is 2.47. The number of sulfonamides is 1. The zero-order valence-electron chi connectivity index (χ0n) is 12.9. The van der Waals surface area contributed by atoms with Crippen molar-refractivity contribution in [1.82, 2.24) is 4.31 Å². The maximum Gasteiger partial charge on any atom is 0.222 e. The number of ether oxygens (including phenoxy) is 1. The van der Waals surface area contributed by atoms with Crippen LogP contribution in [0.1, 0.15) is 31.2 Å². The van der Waals surface area contributed by atoms with Crippen LogP contribution in [-0.4, -0.2) is 49.4 Å². The van der Waals surface area contributed by atoms with Crippen LogP contribution in [0.25, 0.3) is 0 Å². The van der Waals surface area contributed by atoms with Gasteiger partial charge in [-0.25, -0.2) is 8.42 Å². The van der Waals surface area contributed by atoms with E-state index < -0.39 is 20.4 Å². The Bertz CT molecular complexity index is 627. The Balaban J connectivity index is 1.85. The van der Waals surface area contributed by atoms with Crippen molar-refractivity contribution in [2.45, 2.75) is 36.0 Å². The molecule has 2 aliphatic rings. The van der Waals surface area contributed by atoms with E-state index in [1.54, 1.807) is 0 Å². The van der Waals surface area contributed by atoms with Crippen LogP contribution in [0, 0.1) is 0 Å². The summed E-state index contributed by atoms with van der Waals surface area (Å²) < 4.78 is 31.6. The first kappa shape index (κ1) is 15.9. The van der Waals surface area contributed by atoms with Crippen LogP contribution in [0.2, 0.25) is 0 Å². The van der Waals surface area contributed by atoms with Crippen LogP contribution >= 0.6 is 0 Å². The molecule has 1 aliphatic heterocycles. The molecule has 2 fully saturated rings. The van der Waals surface area contributed by atoms with Crippen molar-refractivity contribution in [2.75, 3.05) is 26.8 Å². The maximum atomic E-state index is 12.9. The normalized spacial score (nSPS) is 28.5. The summed E-state index contributed by atoms with van der Waals surface area (Å²) in [6, 6.07) is 9.35. The van der Waals surface area contributed by atoms with E-state index in [0.717, 1.165) is 5.56 Å². The Kier molecular flexibility index (Phi) is 4.05. The molecular weight excluding hydrogens is 302 g/mol. The molecule has 1 heterocycles. The lowest BCUT2D eigenvalue weighted by atomic mass is 9.87. The standard InChI is InChI=1S/C16H23NO4S/c1-21-13-15(9-10-15)22(19,20)17-11-5-8-16(18,12-17)14-6-3-2-4-7-14/h2-4,6-7,18H,5,8-13H2,1H3. The third-order valence-corrected chi connectivity index (χ3v) is 7.46. The van der Waals surface area contributed by atoms with Crippen LogP contribution in [0.5, 0.6) is 0 Å². The topological polar surface area (TPSA) is 66.8 Å². The summed E-state index contributed by atoms with van der Waals surface area (Å²) in [6.45, 7) is 0.837. The molecular formula is C16H23NO4S. The molecule has 122 valence electrons. The minimum absolute atomic E-state index is 0.130. The second-order valence-corrected chi connectivity index (χ2v) is 8.79. The van der Waals surface area contributed by atoms with Crippen molar-refractivity contribution < 1.29 is 18.3 Å². The number of benzene rings is 1. The molecule has 1 aromatic rings. The quantitative estimate of drug-likeness (QED) is 0.890. The largest absolute Gasteiger partial charge is 0.384 e. The Hall–Kier alpha value is -0.950. The summed E-state index contributed by atoms with van der Waals surface area (Å²) in [5.41, 5.74) is -0.318. The van der Waals surface area contributed by atoms with Crippen molar-refractivity contribution in [3.8, 4) is 0 Å². The molecule has 0 bridgehead atoms. The molecule has 5 nitrogen and oxygen atoms in total. The second kappa shape index (κ2) is 5.60. The van der Waals surface area contributed by atoms with Gasteiger partial charge in [-0.05, 0) is 31.2 Å². The van der Waals surface area contributed by atoms with Crippen LogP contribution in [-0.2, 0) is 20.4 Å². The fraction of sp³-hybridized carbons (Fsp3) is 0.625. The molecule has 1 unspecified atom stereocenters. The number of aliphatic hydroxyl groups is 1. The highest BCUT2D eigenvalue weighted by Gasteiger charge is 2.58. The van der Waals surface area contributed by atoms with Gasteiger partial charge in [-0.1, -0.05) is 30.3 Å². The lowest BCUT2D eigenvalue weighted by molar-refractivity contribution is -0.0129. The van der Waals surface area contributed by atoms with Crippen LogP contribution in [0.4, 0.5) is 0 Å². The van der Waals surface area contributed by atoms with Gasteiger partial charge in [0, 0.05) is 20.2 Å². The van der Waals surface area contributed by atoms with E-state index in [1.165, 1.54) is 11.4 Å². The Morgan fingerprint density at radius 1 is 1.23 bits per heavy atom. The van der Waals surface area contributed by atoms with Gasteiger partial charge < -0.3 is 9.84 Å². The Labute approximate surface area is 131 Å². The highest BCUT2D eigenvalue weighted by atomic mass is 32.2. The SMILES string of the molecule is COCC1(S(=O)(=O)N2CCCC(O)(c3ccccc3)C2)CC1. The van der Waals surface area contributed by atoms with E-state index in [1.807, 2.05) is 30.3 Å². The van der Waals surface area contributed by atoms with Crippen molar-refractivity contribution in [3.05, 3.63) is 35.9 Å². The van der Waals surface area contributed by atoms with Crippen molar-refractivity contribution in [3.63, 3.8) is 0 Å². The van der Waals surface area contributed by atoms with E-state index in [4.69, 9.17) is 4.74 Å². The molecule has 0 radical (unpaired) electrons. The van der Waals surface area contributed by atoms with Gasteiger partial charge >= 0.3 is 0 Å². The first-order valence-corrected chi connectivity index (χ1v) is 9.14. The minimum atomic E-state index is -3.44. The zero-order valence-corrected chi connectivity index (χ0v) is 13.7. The molecule has 1 atom stereocenters. The third kappa shape index (κ3) is 2.58. The van der Waals surface area contributed by atoms with Gasteiger partial charge in [-0.15, -0.1) is 0 Å². The molecule has 3 rings (SSSR count). The zero-order chi connectivity index (χ0) is 15.8. The van der Waals surface area contributed by atoms with E-state index in [-0.39, 0.29) is 13.2 Å². The molecule has 1 aliphatic carbocycles. The van der Waals surface area contributed by atoms with Crippen LogP contribution in [0.3, 0.4) is 0 Å². The van der Waals surface area contributed by atoms with Crippen molar-refractivity contribution >= 4 is 10.0 Å². The summed E-state index contributed by atoms with van der Waals surface area (Å²) in [5, 5.41) is 11.0. The van der Waals surface area contributed by atoms with Crippen LogP contribution in [0.15, 0.2) is 30.3 Å². The molecule has 1 aromatic carbocycles. The number of hydrogen-bond acceptors (Lipinski definition) is 4. The van der Waals surface area contributed by atoms with Crippen molar-refractivity contribution in [1.29, 1.82) is 0 Å². The van der Waals surface area contributed by atoms with Gasteiger partial charge in [0.25, 0.3) is 0 Å². The summed E-state index contributed by atoms with van der Waals surface area (Å²) in [6.07, 6.45) is 2.53. The third-order valence-electron chi connectivity index (χ3n) is 4.85. The summed E-state index contributed by atoms with van der Waals surface area (Å²) in [7, 11) is -1.91. The first-order valence-electron chi connectivity index (χ1n) is 7.70. The second-order valence-electron chi connectivity index (χ2n) is 6.46. The molecule has 1 N–H and O–H groups in total. The van der Waals surface area contributed by atoms with E-state index in [2.05, 4.69) is 0 Å². The minimum Gasteiger partial charge on any atom is -0.384 e. The average molecular weight is 325 g/mol. The van der Waals surface area contributed by atoms with Gasteiger partial charge in [-0.2, -0.15) is 4.31 Å². The van der Waals surface area contributed by atoms with Gasteiger partial charge in [-0.3, -0.25) is 0 Å². The maximum absolute atomic E-state index is 12.9. The monoisotopic (exact) mass is 325 g/mol. The molecule has 0 amide bonds.